The van der Waals surface area contributed by atoms with Crippen molar-refractivity contribution in [3.63, 3.8) is 0 Å². The number of carbonyl (C=O) groups excluding carboxylic acids is 1. The van der Waals surface area contributed by atoms with Gasteiger partial charge in [0.15, 0.2) is 0 Å². The highest BCUT2D eigenvalue weighted by atomic mass is 32.1. The van der Waals surface area contributed by atoms with Gasteiger partial charge in [0, 0.05) is 24.0 Å². The van der Waals surface area contributed by atoms with E-state index in [1.54, 1.807) is 6.20 Å². The van der Waals surface area contributed by atoms with Gasteiger partial charge in [0.1, 0.15) is 11.0 Å². The van der Waals surface area contributed by atoms with Crippen LogP contribution in [-0.4, -0.2) is 50.8 Å². The van der Waals surface area contributed by atoms with Crippen LogP contribution in [0.3, 0.4) is 0 Å². The van der Waals surface area contributed by atoms with Gasteiger partial charge in [0.05, 0.1) is 12.6 Å². The van der Waals surface area contributed by atoms with Gasteiger partial charge in [0.25, 0.3) is 0 Å². The molecule has 2 rings (SSSR count). The third-order valence-corrected chi connectivity index (χ3v) is 4.31. The van der Waals surface area contributed by atoms with Crippen molar-refractivity contribution in [2.24, 2.45) is 0 Å². The van der Waals surface area contributed by atoms with Crippen molar-refractivity contribution >= 4 is 23.3 Å². The number of nitrogens with one attached hydrogen (secondary N) is 1. The molecule has 0 aliphatic carbocycles. The number of β-amino-alcohol motifs (C(OH)–C–C–N with tert-alkyl or cyclic N) is 1. The van der Waals surface area contributed by atoms with Crippen LogP contribution < -0.4 is 5.32 Å². The van der Waals surface area contributed by atoms with Crippen LogP contribution in [0.1, 0.15) is 23.2 Å². The summed E-state index contributed by atoms with van der Waals surface area (Å²) in [5.74, 6) is -1.10. The fourth-order valence-electron chi connectivity index (χ4n) is 2.12. The molecule has 110 valence electrons. The second kappa shape index (κ2) is 6.19. The highest BCUT2D eigenvalue weighted by Gasteiger charge is 2.38. The number of rotatable bonds is 4. The van der Waals surface area contributed by atoms with E-state index in [2.05, 4.69) is 10.3 Å². The van der Waals surface area contributed by atoms with Crippen molar-refractivity contribution in [3.05, 3.63) is 16.1 Å². The molecule has 1 unspecified atom stereocenters. The van der Waals surface area contributed by atoms with Gasteiger partial charge in [-0.3, -0.25) is 0 Å². The van der Waals surface area contributed by atoms with Gasteiger partial charge >= 0.3 is 12.0 Å². The number of carboxylic acid groups (broad SMARTS) is 1. The molecule has 1 aliphatic heterocycles. The van der Waals surface area contributed by atoms with Gasteiger partial charge in [0.2, 0.25) is 0 Å². The normalized spacial score (nSPS) is 22.0. The maximum absolute atomic E-state index is 12.0. The van der Waals surface area contributed by atoms with E-state index in [4.69, 9.17) is 5.11 Å². The van der Waals surface area contributed by atoms with Crippen LogP contribution in [-0.2, 0) is 17.8 Å². The molecule has 20 heavy (non-hydrogen) atoms. The van der Waals surface area contributed by atoms with Crippen molar-refractivity contribution < 1.29 is 19.8 Å². The maximum Gasteiger partial charge on any atom is 0.326 e. The number of thiazole rings is 1. The number of aliphatic hydroxyl groups excluding tert-OH is 1. The van der Waals surface area contributed by atoms with Gasteiger partial charge in [-0.05, 0) is 6.42 Å². The number of urea groups is 1. The molecule has 1 aliphatic rings. The van der Waals surface area contributed by atoms with Crippen molar-refractivity contribution in [2.75, 3.05) is 6.54 Å². The quantitative estimate of drug-likeness (QED) is 0.748. The second-order valence-corrected chi connectivity index (χ2v) is 5.83. The topological polar surface area (TPSA) is 103 Å². The lowest BCUT2D eigenvalue weighted by Crippen LogP contribution is -2.45. The molecule has 2 atom stereocenters. The van der Waals surface area contributed by atoms with Gasteiger partial charge in [-0.2, -0.15) is 0 Å². The van der Waals surface area contributed by atoms with Gasteiger partial charge in [-0.15, -0.1) is 11.3 Å². The molecule has 0 radical (unpaired) electrons. The first-order valence-corrected chi connectivity index (χ1v) is 7.21. The average molecular weight is 299 g/mol. The van der Waals surface area contributed by atoms with Crippen LogP contribution in [0.25, 0.3) is 0 Å². The summed E-state index contributed by atoms with van der Waals surface area (Å²) < 4.78 is 0. The number of hydrogen-bond acceptors (Lipinski definition) is 5. The summed E-state index contributed by atoms with van der Waals surface area (Å²) in [6, 6.07) is -1.45. The predicted molar refractivity (Wildman–Crippen MR) is 72.5 cm³/mol. The molecule has 0 saturated carbocycles. The Kier molecular flexibility index (Phi) is 4.56. The Labute approximate surface area is 120 Å². The van der Waals surface area contributed by atoms with E-state index in [0.717, 1.165) is 21.2 Å². The summed E-state index contributed by atoms with van der Waals surface area (Å²) in [5.41, 5.74) is 0. The molecular formula is C12H17N3O4S. The van der Waals surface area contributed by atoms with Crippen LogP contribution in [0, 0.1) is 0 Å². The number of aromatic nitrogens is 1. The van der Waals surface area contributed by atoms with Crippen LogP contribution in [0.2, 0.25) is 0 Å². The Morgan fingerprint density at radius 2 is 2.35 bits per heavy atom. The lowest BCUT2D eigenvalue weighted by Gasteiger charge is -2.21. The third-order valence-electron chi connectivity index (χ3n) is 3.17. The lowest BCUT2D eigenvalue weighted by molar-refractivity contribution is -0.141. The second-order valence-electron chi connectivity index (χ2n) is 4.63. The number of aliphatic hydroxyl groups is 1. The molecular weight excluding hydrogens is 282 g/mol. The largest absolute Gasteiger partial charge is 0.480 e. The Hall–Kier alpha value is -1.67. The lowest BCUT2D eigenvalue weighted by atomic mass is 10.2. The minimum absolute atomic E-state index is 0.0425. The number of amides is 2. The summed E-state index contributed by atoms with van der Waals surface area (Å²) in [4.78, 5) is 29.5. The molecule has 0 spiro atoms. The smallest absolute Gasteiger partial charge is 0.326 e. The summed E-state index contributed by atoms with van der Waals surface area (Å²) >= 11 is 1.51. The van der Waals surface area contributed by atoms with Crippen LogP contribution >= 0.6 is 11.3 Å². The fraction of sp³-hybridized carbons (Fsp3) is 0.583. The van der Waals surface area contributed by atoms with Crippen molar-refractivity contribution in [1.29, 1.82) is 0 Å². The monoisotopic (exact) mass is 299 g/mol. The SMILES string of the molecule is CCc1cnc(CNC(=O)N2CC(O)C[C@H]2C(=O)O)s1. The van der Waals surface area contributed by atoms with E-state index in [9.17, 15) is 14.7 Å². The summed E-state index contributed by atoms with van der Waals surface area (Å²) in [6.07, 6.45) is 1.95. The number of nitrogens with zero attached hydrogens (tertiary/aromatic N) is 2. The standard InChI is InChI=1S/C12H17N3O4S/c1-2-8-4-13-10(20-8)5-14-12(19)15-6-7(16)3-9(15)11(17)18/h4,7,9,16H,2-3,5-6H2,1H3,(H,14,19)(H,17,18)/t7?,9-/m0/s1. The Morgan fingerprint density at radius 3 is 2.95 bits per heavy atom. The van der Waals surface area contributed by atoms with Gasteiger partial charge < -0.3 is 20.4 Å². The molecule has 2 heterocycles. The van der Waals surface area contributed by atoms with E-state index in [1.165, 1.54) is 11.3 Å². The fourth-order valence-corrected chi connectivity index (χ4v) is 2.92. The first-order chi connectivity index (χ1) is 9.51. The van der Waals surface area contributed by atoms with Gasteiger partial charge in [-0.1, -0.05) is 6.92 Å². The maximum atomic E-state index is 12.0. The van der Waals surface area contributed by atoms with Crippen molar-refractivity contribution in [2.45, 2.75) is 38.5 Å². The van der Waals surface area contributed by atoms with Crippen LogP contribution in [0.15, 0.2) is 6.20 Å². The van der Waals surface area contributed by atoms with E-state index in [-0.39, 0.29) is 19.5 Å². The highest BCUT2D eigenvalue weighted by Crippen LogP contribution is 2.18. The molecule has 0 bridgehead atoms. The number of carboxylic acids is 1. The molecule has 1 saturated heterocycles. The van der Waals surface area contributed by atoms with E-state index < -0.39 is 24.1 Å². The van der Waals surface area contributed by atoms with Gasteiger partial charge in [-0.25, -0.2) is 14.6 Å². The molecule has 1 fully saturated rings. The zero-order valence-electron chi connectivity index (χ0n) is 11.1. The molecule has 3 N–H and O–H groups in total. The van der Waals surface area contributed by atoms with Crippen molar-refractivity contribution in [3.8, 4) is 0 Å². The summed E-state index contributed by atoms with van der Waals surface area (Å²) in [5, 5.41) is 21.9. The third kappa shape index (κ3) is 3.26. The predicted octanol–water partition coefficient (Wildman–Crippen LogP) is 0.435. The Balaban J connectivity index is 1.92. The van der Waals surface area contributed by atoms with Crippen molar-refractivity contribution in [1.82, 2.24) is 15.2 Å². The molecule has 7 nitrogen and oxygen atoms in total. The number of aryl methyl sites for hydroxylation is 1. The Bertz CT molecular complexity index is 505. The van der Waals surface area contributed by atoms with E-state index in [0.29, 0.717) is 0 Å². The van der Waals surface area contributed by atoms with E-state index >= 15 is 0 Å². The first kappa shape index (κ1) is 14.7. The number of aliphatic carboxylic acids is 1. The zero-order valence-corrected chi connectivity index (χ0v) is 11.9. The molecule has 1 aromatic heterocycles. The van der Waals surface area contributed by atoms with Crippen LogP contribution in [0.4, 0.5) is 4.79 Å². The van der Waals surface area contributed by atoms with Crippen LogP contribution in [0.5, 0.6) is 0 Å². The number of hydrogen-bond donors (Lipinski definition) is 3. The minimum atomic E-state index is -1.10. The Morgan fingerprint density at radius 1 is 1.60 bits per heavy atom. The molecule has 0 aromatic carbocycles. The zero-order chi connectivity index (χ0) is 14.7. The first-order valence-electron chi connectivity index (χ1n) is 6.40. The summed E-state index contributed by atoms with van der Waals surface area (Å²) in [7, 11) is 0. The molecule has 1 aromatic rings. The highest BCUT2D eigenvalue weighted by molar-refractivity contribution is 7.11. The number of likely N-dealkylation sites (tertiary alicyclic amines) is 1. The molecule has 2 amide bonds. The minimum Gasteiger partial charge on any atom is -0.480 e. The average Bonchev–Trinajstić information content (AvgIpc) is 3.02. The molecule has 8 heteroatoms. The number of carbonyl (C=O) groups is 2. The summed E-state index contributed by atoms with van der Waals surface area (Å²) in [6.45, 7) is 2.34. The van der Waals surface area contributed by atoms with E-state index in [1.807, 2.05) is 6.92 Å².